The molecule has 6 nitrogen and oxygen atoms in total. The van der Waals surface area contributed by atoms with Crippen LogP contribution in [-0.2, 0) is 9.47 Å². The number of anilines is 1. The SMILES string of the molecule is CC(C)OCCOCC(O)CN(C)C(=O)Nc1ccccc1SC1CCCC1. The number of benzene rings is 1. The van der Waals surface area contributed by atoms with Gasteiger partial charge in [0.25, 0.3) is 0 Å². The lowest BCUT2D eigenvalue weighted by atomic mass is 10.3. The van der Waals surface area contributed by atoms with Crippen molar-refractivity contribution in [2.75, 3.05) is 38.7 Å². The van der Waals surface area contributed by atoms with Gasteiger partial charge in [-0.2, -0.15) is 0 Å². The normalized spacial score (nSPS) is 15.8. The molecule has 0 bridgehead atoms. The van der Waals surface area contributed by atoms with Crippen LogP contribution in [0.2, 0.25) is 0 Å². The van der Waals surface area contributed by atoms with Crippen LogP contribution in [0.15, 0.2) is 29.2 Å². The highest BCUT2D eigenvalue weighted by Gasteiger charge is 2.19. The second-order valence-corrected chi connectivity index (χ2v) is 8.82. The fourth-order valence-electron chi connectivity index (χ4n) is 3.08. The minimum absolute atomic E-state index is 0.165. The molecule has 1 saturated carbocycles. The van der Waals surface area contributed by atoms with Crippen molar-refractivity contribution in [3.63, 3.8) is 0 Å². The van der Waals surface area contributed by atoms with Gasteiger partial charge in [0, 0.05) is 17.2 Å². The van der Waals surface area contributed by atoms with Crippen LogP contribution in [0.5, 0.6) is 0 Å². The molecule has 1 aliphatic carbocycles. The smallest absolute Gasteiger partial charge is 0.321 e. The molecule has 158 valence electrons. The molecular weight excluding hydrogens is 376 g/mol. The quantitative estimate of drug-likeness (QED) is 0.540. The van der Waals surface area contributed by atoms with Crippen molar-refractivity contribution < 1.29 is 19.4 Å². The monoisotopic (exact) mass is 410 g/mol. The number of aliphatic hydroxyl groups excluding tert-OH is 1. The Kier molecular flexibility index (Phi) is 10.1. The number of aliphatic hydroxyl groups is 1. The Morgan fingerprint density at radius 2 is 2.00 bits per heavy atom. The van der Waals surface area contributed by atoms with Gasteiger partial charge in [-0.25, -0.2) is 4.79 Å². The van der Waals surface area contributed by atoms with Gasteiger partial charge in [0.15, 0.2) is 0 Å². The van der Waals surface area contributed by atoms with E-state index in [1.807, 2.05) is 43.8 Å². The minimum atomic E-state index is -0.738. The summed E-state index contributed by atoms with van der Waals surface area (Å²) in [5.74, 6) is 0. The van der Waals surface area contributed by atoms with E-state index < -0.39 is 6.10 Å². The third-order valence-corrected chi connectivity index (χ3v) is 5.96. The molecule has 1 aliphatic rings. The standard InChI is InChI=1S/C21H34N2O4S/c1-16(2)27-13-12-26-15-17(24)14-23(3)21(25)22-19-10-6-7-11-20(19)28-18-8-4-5-9-18/h6-7,10-11,16-18,24H,4-5,8-9,12-15H2,1-3H3,(H,22,25). The van der Waals surface area contributed by atoms with Crippen molar-refractivity contribution in [1.82, 2.24) is 4.90 Å². The third kappa shape index (κ3) is 8.39. The zero-order chi connectivity index (χ0) is 20.4. The number of ether oxygens (including phenoxy) is 2. The Balaban J connectivity index is 1.75. The van der Waals surface area contributed by atoms with E-state index in [9.17, 15) is 9.90 Å². The lowest BCUT2D eigenvalue weighted by Crippen LogP contribution is -2.39. The summed E-state index contributed by atoms with van der Waals surface area (Å²) in [6.45, 7) is 5.23. The van der Waals surface area contributed by atoms with Crippen LogP contribution in [-0.4, -0.2) is 66.9 Å². The molecule has 1 atom stereocenters. The summed E-state index contributed by atoms with van der Waals surface area (Å²) in [7, 11) is 1.67. The summed E-state index contributed by atoms with van der Waals surface area (Å²) in [6.07, 6.45) is 4.48. The van der Waals surface area contributed by atoms with E-state index in [4.69, 9.17) is 9.47 Å². The lowest BCUT2D eigenvalue weighted by Gasteiger charge is -2.22. The van der Waals surface area contributed by atoms with E-state index in [1.54, 1.807) is 7.05 Å². The number of rotatable bonds is 11. The molecule has 7 heteroatoms. The van der Waals surface area contributed by atoms with Gasteiger partial charge in [0.1, 0.15) is 0 Å². The topological polar surface area (TPSA) is 71.0 Å². The second kappa shape index (κ2) is 12.3. The summed E-state index contributed by atoms with van der Waals surface area (Å²) in [6, 6.07) is 7.68. The summed E-state index contributed by atoms with van der Waals surface area (Å²) < 4.78 is 10.8. The van der Waals surface area contributed by atoms with Crippen molar-refractivity contribution in [2.45, 2.75) is 61.9 Å². The maximum atomic E-state index is 12.5. The first-order valence-corrected chi connectivity index (χ1v) is 11.0. The number of nitrogens with one attached hydrogen (secondary N) is 1. The molecule has 1 aromatic carbocycles. The van der Waals surface area contributed by atoms with Crippen LogP contribution >= 0.6 is 11.8 Å². The van der Waals surface area contributed by atoms with Gasteiger partial charge in [0.05, 0.1) is 44.3 Å². The maximum absolute atomic E-state index is 12.5. The van der Waals surface area contributed by atoms with E-state index in [2.05, 4.69) is 11.4 Å². The molecule has 1 unspecified atom stereocenters. The highest BCUT2D eigenvalue weighted by molar-refractivity contribution is 8.00. The van der Waals surface area contributed by atoms with Gasteiger partial charge < -0.3 is 24.8 Å². The van der Waals surface area contributed by atoms with E-state index in [-0.39, 0.29) is 25.3 Å². The van der Waals surface area contributed by atoms with E-state index in [0.29, 0.717) is 18.5 Å². The first-order chi connectivity index (χ1) is 13.5. The average molecular weight is 411 g/mol. The molecule has 2 amide bonds. The van der Waals surface area contributed by atoms with Crippen molar-refractivity contribution >= 4 is 23.5 Å². The number of carbonyl (C=O) groups excluding carboxylic acids is 1. The summed E-state index contributed by atoms with van der Waals surface area (Å²) in [5.41, 5.74) is 0.827. The molecular formula is C21H34N2O4S. The van der Waals surface area contributed by atoms with Gasteiger partial charge in [0.2, 0.25) is 0 Å². The van der Waals surface area contributed by atoms with Crippen LogP contribution in [0.25, 0.3) is 0 Å². The molecule has 28 heavy (non-hydrogen) atoms. The molecule has 0 spiro atoms. The van der Waals surface area contributed by atoms with Crippen LogP contribution in [0.3, 0.4) is 0 Å². The number of hydrogen-bond acceptors (Lipinski definition) is 5. The Morgan fingerprint density at radius 3 is 2.71 bits per heavy atom. The Bertz CT molecular complexity index is 594. The number of carbonyl (C=O) groups is 1. The van der Waals surface area contributed by atoms with Gasteiger partial charge in [-0.05, 0) is 38.8 Å². The lowest BCUT2D eigenvalue weighted by molar-refractivity contribution is -0.0144. The number of nitrogens with zero attached hydrogens (tertiary/aromatic N) is 1. The number of hydrogen-bond donors (Lipinski definition) is 2. The maximum Gasteiger partial charge on any atom is 0.321 e. The zero-order valence-electron chi connectivity index (χ0n) is 17.2. The molecule has 0 aliphatic heterocycles. The van der Waals surface area contributed by atoms with E-state index >= 15 is 0 Å². The summed E-state index contributed by atoms with van der Waals surface area (Å²) >= 11 is 1.85. The van der Waals surface area contributed by atoms with Crippen molar-refractivity contribution in [3.05, 3.63) is 24.3 Å². The number of para-hydroxylation sites is 1. The molecule has 0 radical (unpaired) electrons. The Hall–Kier alpha value is -1.28. The average Bonchev–Trinajstić information content (AvgIpc) is 3.15. The third-order valence-electron chi connectivity index (χ3n) is 4.54. The van der Waals surface area contributed by atoms with E-state index in [1.165, 1.54) is 30.6 Å². The van der Waals surface area contributed by atoms with E-state index in [0.717, 1.165) is 10.6 Å². The number of thioether (sulfide) groups is 1. The Morgan fingerprint density at radius 1 is 1.29 bits per heavy atom. The molecule has 2 rings (SSSR count). The van der Waals surface area contributed by atoms with Crippen LogP contribution in [0, 0.1) is 0 Å². The molecule has 0 saturated heterocycles. The van der Waals surface area contributed by atoms with Gasteiger partial charge in [-0.15, -0.1) is 11.8 Å². The summed E-state index contributed by atoms with van der Waals surface area (Å²) in [4.78, 5) is 15.1. The first-order valence-electron chi connectivity index (χ1n) is 10.1. The van der Waals surface area contributed by atoms with Gasteiger partial charge >= 0.3 is 6.03 Å². The Labute approximate surface area is 173 Å². The van der Waals surface area contributed by atoms with Crippen molar-refractivity contribution in [1.29, 1.82) is 0 Å². The molecule has 1 aromatic rings. The number of urea groups is 1. The van der Waals surface area contributed by atoms with Crippen molar-refractivity contribution in [3.8, 4) is 0 Å². The van der Waals surface area contributed by atoms with Crippen LogP contribution in [0.4, 0.5) is 10.5 Å². The number of likely N-dealkylation sites (N-methyl/N-ethyl adjacent to an activating group) is 1. The second-order valence-electron chi connectivity index (χ2n) is 7.48. The summed E-state index contributed by atoms with van der Waals surface area (Å²) in [5, 5.41) is 13.7. The zero-order valence-corrected chi connectivity index (χ0v) is 18.0. The molecule has 0 aromatic heterocycles. The van der Waals surface area contributed by atoms with Crippen LogP contribution < -0.4 is 5.32 Å². The molecule has 1 fully saturated rings. The highest BCUT2D eigenvalue weighted by atomic mass is 32.2. The fraction of sp³-hybridized carbons (Fsp3) is 0.667. The first kappa shape index (κ1) is 23.0. The predicted octanol–water partition coefficient (Wildman–Crippen LogP) is 3.99. The molecule has 0 heterocycles. The fourth-order valence-corrected chi connectivity index (χ4v) is 4.41. The highest BCUT2D eigenvalue weighted by Crippen LogP contribution is 2.38. The number of amides is 2. The minimum Gasteiger partial charge on any atom is -0.389 e. The predicted molar refractivity (Wildman–Crippen MR) is 114 cm³/mol. The van der Waals surface area contributed by atoms with Crippen LogP contribution in [0.1, 0.15) is 39.5 Å². The molecule has 2 N–H and O–H groups in total. The van der Waals surface area contributed by atoms with Gasteiger partial charge in [-0.3, -0.25) is 0 Å². The van der Waals surface area contributed by atoms with Crippen molar-refractivity contribution in [2.24, 2.45) is 0 Å². The largest absolute Gasteiger partial charge is 0.389 e. The van der Waals surface area contributed by atoms with Gasteiger partial charge in [-0.1, -0.05) is 25.0 Å².